The maximum absolute atomic E-state index is 13.2. The summed E-state index contributed by atoms with van der Waals surface area (Å²) in [5.41, 5.74) is 0.678. The molecular weight excluding hydrogens is 681 g/mol. The molecular formula is C37H52N10O4S. The van der Waals surface area contributed by atoms with Crippen LogP contribution in [0.15, 0.2) is 15.6 Å². The van der Waals surface area contributed by atoms with Crippen molar-refractivity contribution >= 4 is 34.6 Å². The van der Waals surface area contributed by atoms with E-state index >= 15 is 0 Å². The van der Waals surface area contributed by atoms with Crippen molar-refractivity contribution in [3.05, 3.63) is 28.0 Å². The number of piperazine rings is 1. The van der Waals surface area contributed by atoms with Crippen molar-refractivity contribution in [3.8, 4) is 23.6 Å². The van der Waals surface area contributed by atoms with Crippen molar-refractivity contribution in [1.82, 2.24) is 34.8 Å². The van der Waals surface area contributed by atoms with Crippen molar-refractivity contribution in [3.63, 3.8) is 0 Å². The van der Waals surface area contributed by atoms with Gasteiger partial charge in [-0.25, -0.2) is 9.79 Å². The van der Waals surface area contributed by atoms with E-state index in [4.69, 9.17) is 28.9 Å². The van der Waals surface area contributed by atoms with Gasteiger partial charge in [-0.3, -0.25) is 9.80 Å². The summed E-state index contributed by atoms with van der Waals surface area (Å²) in [6, 6.07) is 4.49. The van der Waals surface area contributed by atoms with Gasteiger partial charge in [0.25, 0.3) is 0 Å². The number of aromatic nitrogens is 4. The summed E-state index contributed by atoms with van der Waals surface area (Å²) in [6.07, 6.45) is 5.93. The average molecular weight is 733 g/mol. The highest BCUT2D eigenvalue weighted by molar-refractivity contribution is 7.16. The van der Waals surface area contributed by atoms with E-state index in [1.165, 1.54) is 0 Å². The molecule has 2 saturated heterocycles. The van der Waals surface area contributed by atoms with Crippen LogP contribution in [0.25, 0.3) is 11.5 Å². The number of fused-ring (bicyclic) bond motifs is 1. The topological polar surface area (TPSA) is 149 Å². The lowest BCUT2D eigenvalue weighted by atomic mass is 9.72. The summed E-state index contributed by atoms with van der Waals surface area (Å²) >= 11 is 1.55. The van der Waals surface area contributed by atoms with E-state index in [0.29, 0.717) is 46.9 Å². The number of aryl methyl sites for hydroxylation is 1. The van der Waals surface area contributed by atoms with Crippen LogP contribution in [0.3, 0.4) is 0 Å². The lowest BCUT2D eigenvalue weighted by molar-refractivity contribution is 0.00556. The molecule has 0 N–H and O–H groups in total. The van der Waals surface area contributed by atoms with Gasteiger partial charge in [-0.2, -0.15) is 20.2 Å². The second-order valence-electron chi connectivity index (χ2n) is 15.9. The van der Waals surface area contributed by atoms with Gasteiger partial charge in [0.15, 0.2) is 0 Å². The molecule has 0 radical (unpaired) electrons. The molecule has 3 aromatic heterocycles. The molecule has 2 fully saturated rings. The Balaban J connectivity index is 1.35. The Kier molecular flexibility index (Phi) is 10.5. The van der Waals surface area contributed by atoms with Gasteiger partial charge in [-0.1, -0.05) is 5.16 Å². The molecule has 0 spiro atoms. The zero-order valence-electron chi connectivity index (χ0n) is 32.1. The molecule has 1 aliphatic carbocycles. The largest absolute Gasteiger partial charge is 0.459 e. The van der Waals surface area contributed by atoms with E-state index in [1.54, 1.807) is 22.6 Å². The van der Waals surface area contributed by atoms with Crippen LogP contribution in [0.2, 0.25) is 0 Å². The fraction of sp³-hybridized carbons (Fsp3) is 0.649. The monoisotopic (exact) mass is 732 g/mol. The van der Waals surface area contributed by atoms with Crippen LogP contribution in [0.1, 0.15) is 96.0 Å². The number of thiophene rings is 1. The summed E-state index contributed by atoms with van der Waals surface area (Å²) < 4.78 is 18.3. The predicted octanol–water partition coefficient (Wildman–Crippen LogP) is 6.02. The summed E-state index contributed by atoms with van der Waals surface area (Å²) in [7, 11) is 5.93. The molecule has 2 aliphatic heterocycles. The molecule has 3 aromatic rings. The molecule has 15 heteroatoms. The lowest BCUT2D eigenvalue weighted by Crippen LogP contribution is -2.59. The number of nitrogens with zero attached hydrogens (tertiary/aromatic N) is 10. The first-order valence-electron chi connectivity index (χ1n) is 18.2. The van der Waals surface area contributed by atoms with Gasteiger partial charge in [0, 0.05) is 49.7 Å². The summed E-state index contributed by atoms with van der Waals surface area (Å²) in [5, 5.41) is 15.5. The Bertz CT molecular complexity index is 1830. The Labute approximate surface area is 310 Å². The second kappa shape index (κ2) is 14.6. The number of ether oxygens (including phenoxy) is 2. The number of nitriles is 1. The van der Waals surface area contributed by atoms with E-state index < -0.39 is 11.0 Å². The molecule has 0 unspecified atom stereocenters. The minimum absolute atomic E-state index is 0.142. The first-order valence-corrected chi connectivity index (χ1v) is 19.0. The van der Waals surface area contributed by atoms with Crippen LogP contribution in [-0.4, -0.2) is 118 Å². The second-order valence-corrected chi connectivity index (χ2v) is 17.0. The molecule has 52 heavy (non-hydrogen) atoms. The van der Waals surface area contributed by atoms with Gasteiger partial charge < -0.3 is 23.8 Å². The van der Waals surface area contributed by atoms with Gasteiger partial charge in [-0.05, 0) is 94.2 Å². The summed E-state index contributed by atoms with van der Waals surface area (Å²) in [4.78, 5) is 41.7. The molecule has 14 nitrogen and oxygen atoms in total. The van der Waals surface area contributed by atoms with Crippen LogP contribution in [-0.2, 0) is 16.6 Å². The summed E-state index contributed by atoms with van der Waals surface area (Å²) in [5.74, 6) is 1.40. The lowest BCUT2D eigenvalue weighted by Gasteiger charge is -2.44. The Morgan fingerprint density at radius 1 is 1.21 bits per heavy atom. The van der Waals surface area contributed by atoms with Gasteiger partial charge in [-0.15, -0.1) is 11.3 Å². The number of carbonyl (C=O) groups is 1. The van der Waals surface area contributed by atoms with Gasteiger partial charge in [0.05, 0.1) is 29.4 Å². The van der Waals surface area contributed by atoms with E-state index in [0.717, 1.165) is 49.1 Å². The first-order chi connectivity index (χ1) is 24.6. The van der Waals surface area contributed by atoms with E-state index in [9.17, 15) is 10.1 Å². The highest BCUT2D eigenvalue weighted by Crippen LogP contribution is 2.50. The smallest absolute Gasteiger partial charge is 0.410 e. The van der Waals surface area contributed by atoms with Crippen molar-refractivity contribution in [2.24, 2.45) is 4.99 Å². The van der Waals surface area contributed by atoms with Gasteiger partial charge >= 0.3 is 12.1 Å². The summed E-state index contributed by atoms with van der Waals surface area (Å²) in [6.45, 7) is 15.9. The van der Waals surface area contributed by atoms with Crippen LogP contribution < -0.4 is 9.64 Å². The number of likely N-dealkylation sites (N-methyl/N-ethyl adjacent to an activating group) is 1. The highest BCUT2D eigenvalue weighted by Gasteiger charge is 2.44. The van der Waals surface area contributed by atoms with Crippen molar-refractivity contribution < 1.29 is 18.8 Å². The SMILES string of the molecule is C[C@H](Oc1nc(-c2noc([C@@]3(C)CCCc4sc(N=CN(C)C)c(C#N)c43)n2)cc(N2C[C@@H](C)N(C(=O)OC(C)(C)C)[C@@H](C)C2)n1)[C@@H]1CCCN1C. The average Bonchev–Trinajstić information content (AvgIpc) is 3.81. The van der Waals surface area contributed by atoms with Gasteiger partial charge in [0.1, 0.15) is 34.3 Å². The number of aliphatic imine (C=N–C) groups is 1. The number of rotatable bonds is 8. The van der Waals surface area contributed by atoms with Crippen molar-refractivity contribution in [2.75, 3.05) is 45.7 Å². The third kappa shape index (κ3) is 7.59. The number of anilines is 1. The van der Waals surface area contributed by atoms with Crippen LogP contribution in [0.5, 0.6) is 6.01 Å². The Morgan fingerprint density at radius 2 is 1.94 bits per heavy atom. The van der Waals surface area contributed by atoms with Gasteiger partial charge in [0.2, 0.25) is 11.7 Å². The molecule has 5 heterocycles. The third-order valence-electron chi connectivity index (χ3n) is 10.2. The van der Waals surface area contributed by atoms with Crippen molar-refractivity contribution in [2.45, 2.75) is 116 Å². The Morgan fingerprint density at radius 3 is 2.58 bits per heavy atom. The zero-order chi connectivity index (χ0) is 37.5. The molecule has 1 amide bonds. The standard InChI is InChI=1S/C37H52N10O4S/c1-22-19-46(20-23(2)47(22)35(48)50-36(4,5)6)29-17-26(40-34(41-29)49-24(3)27-13-12-16-45(27)10)31-42-33(51-43-31)37(7)15-11-14-28-30(37)25(18-38)32(52-28)39-21-44(8)9/h17,21-24,27H,11-16,19-20H2,1-10H3/t22-,23+,24-,27-,37-/m0/s1. The maximum atomic E-state index is 13.2. The number of hydrogen-bond acceptors (Lipinski definition) is 13. The number of carbonyl (C=O) groups excluding carboxylic acids is 1. The van der Waals surface area contributed by atoms with E-state index in [2.05, 4.69) is 46.9 Å². The molecule has 3 aliphatic rings. The fourth-order valence-corrected chi connectivity index (χ4v) is 9.04. The maximum Gasteiger partial charge on any atom is 0.410 e. The fourth-order valence-electron chi connectivity index (χ4n) is 7.78. The zero-order valence-corrected chi connectivity index (χ0v) is 33.0. The minimum Gasteiger partial charge on any atom is -0.459 e. The molecule has 0 saturated carbocycles. The number of amides is 1. The van der Waals surface area contributed by atoms with E-state index in [-0.39, 0.29) is 36.3 Å². The first kappa shape index (κ1) is 37.5. The highest BCUT2D eigenvalue weighted by atomic mass is 32.1. The normalized spacial score (nSPS) is 24.5. The molecule has 0 aromatic carbocycles. The number of hydrogen-bond donors (Lipinski definition) is 0. The minimum atomic E-state index is -0.675. The number of likely N-dealkylation sites (tertiary alicyclic amines) is 1. The van der Waals surface area contributed by atoms with Crippen LogP contribution in [0, 0.1) is 11.3 Å². The Hall–Kier alpha value is -4.29. The van der Waals surface area contributed by atoms with Crippen LogP contribution >= 0.6 is 11.3 Å². The molecule has 0 bridgehead atoms. The molecule has 5 atom stereocenters. The quantitative estimate of drug-likeness (QED) is 0.197. The van der Waals surface area contributed by atoms with E-state index in [1.807, 2.05) is 59.7 Å². The van der Waals surface area contributed by atoms with Crippen molar-refractivity contribution in [1.29, 1.82) is 5.26 Å². The molecule has 6 rings (SSSR count). The predicted molar refractivity (Wildman–Crippen MR) is 201 cm³/mol. The van der Waals surface area contributed by atoms with Crippen LogP contribution in [0.4, 0.5) is 15.6 Å². The molecule has 280 valence electrons. The third-order valence-corrected chi connectivity index (χ3v) is 11.3.